The van der Waals surface area contributed by atoms with Crippen molar-refractivity contribution < 1.29 is 14.3 Å². The molecule has 0 fully saturated rings. The van der Waals surface area contributed by atoms with Crippen LogP contribution in [0.1, 0.15) is 28.3 Å². The van der Waals surface area contributed by atoms with E-state index >= 15 is 0 Å². The highest BCUT2D eigenvalue weighted by molar-refractivity contribution is 5.80. The smallest absolute Gasteiger partial charge is 0.225 e. The molecule has 0 saturated heterocycles. The molecular weight excluding hydrogens is 350 g/mol. The van der Waals surface area contributed by atoms with Crippen LogP contribution in [0.25, 0.3) is 0 Å². The average Bonchev–Trinajstić information content (AvgIpc) is 2.73. The Morgan fingerprint density at radius 3 is 2.25 bits per heavy atom. The molecule has 0 aliphatic heterocycles. The minimum absolute atomic E-state index is 0.0515. The van der Waals surface area contributed by atoms with Crippen LogP contribution in [0, 0.1) is 6.92 Å². The molecule has 0 unspecified atom stereocenters. The fraction of sp³-hybridized carbons (Fsp3) is 0.208. The fourth-order valence-corrected chi connectivity index (χ4v) is 3.28. The molecule has 0 bridgehead atoms. The minimum atomic E-state index is -0.199. The number of carbonyl (C=O) groups excluding carboxylic acids is 1. The number of methoxy groups -OCH3 is 2. The van der Waals surface area contributed by atoms with E-state index in [0.29, 0.717) is 11.5 Å². The second-order valence-corrected chi connectivity index (χ2v) is 6.63. The Morgan fingerprint density at radius 2 is 1.57 bits per heavy atom. The molecule has 1 N–H and O–H groups in total. The molecule has 0 aliphatic carbocycles. The van der Waals surface area contributed by atoms with Gasteiger partial charge >= 0.3 is 0 Å². The number of benzene rings is 3. The van der Waals surface area contributed by atoms with E-state index in [-0.39, 0.29) is 18.4 Å². The SMILES string of the molecule is COc1ccc(CC(=O)N[C@@H](c2ccccc2)c2ccccc2C)cc1OC. The minimum Gasteiger partial charge on any atom is -0.493 e. The molecule has 4 nitrogen and oxygen atoms in total. The molecule has 0 aromatic heterocycles. The van der Waals surface area contributed by atoms with Gasteiger partial charge in [0.05, 0.1) is 26.7 Å². The first-order valence-corrected chi connectivity index (χ1v) is 9.23. The van der Waals surface area contributed by atoms with Gasteiger partial charge in [-0.2, -0.15) is 0 Å². The summed E-state index contributed by atoms with van der Waals surface area (Å²) in [4.78, 5) is 12.9. The lowest BCUT2D eigenvalue weighted by Gasteiger charge is -2.22. The van der Waals surface area contributed by atoms with Crippen molar-refractivity contribution in [2.75, 3.05) is 14.2 Å². The van der Waals surface area contributed by atoms with E-state index < -0.39 is 0 Å². The number of ether oxygens (including phenoxy) is 2. The van der Waals surface area contributed by atoms with Gasteiger partial charge in [-0.3, -0.25) is 4.79 Å². The Kier molecular flexibility index (Phi) is 6.33. The Balaban J connectivity index is 1.83. The molecule has 0 aliphatic rings. The summed E-state index contributed by atoms with van der Waals surface area (Å²) in [5.74, 6) is 1.21. The lowest BCUT2D eigenvalue weighted by Crippen LogP contribution is -2.31. The predicted octanol–water partition coefficient (Wildman–Crippen LogP) is 4.46. The number of aryl methyl sites for hydroxylation is 1. The summed E-state index contributed by atoms with van der Waals surface area (Å²) in [6.07, 6.45) is 0.259. The third-order valence-corrected chi connectivity index (χ3v) is 4.75. The second-order valence-electron chi connectivity index (χ2n) is 6.63. The Bertz CT molecular complexity index is 938. The zero-order valence-corrected chi connectivity index (χ0v) is 16.4. The van der Waals surface area contributed by atoms with Gasteiger partial charge in [0.25, 0.3) is 0 Å². The highest BCUT2D eigenvalue weighted by Gasteiger charge is 2.19. The van der Waals surface area contributed by atoms with Gasteiger partial charge in [0.15, 0.2) is 11.5 Å². The quantitative estimate of drug-likeness (QED) is 0.663. The van der Waals surface area contributed by atoms with Crippen molar-refractivity contribution >= 4 is 5.91 Å². The van der Waals surface area contributed by atoms with Crippen molar-refractivity contribution in [2.24, 2.45) is 0 Å². The molecular formula is C24H25NO3. The second kappa shape index (κ2) is 9.09. The van der Waals surface area contributed by atoms with E-state index in [1.54, 1.807) is 14.2 Å². The van der Waals surface area contributed by atoms with Crippen molar-refractivity contribution in [2.45, 2.75) is 19.4 Å². The third-order valence-electron chi connectivity index (χ3n) is 4.75. The number of hydrogen-bond acceptors (Lipinski definition) is 3. The molecule has 1 atom stereocenters. The molecule has 1 amide bonds. The van der Waals surface area contributed by atoms with Gasteiger partial charge in [-0.1, -0.05) is 60.7 Å². The van der Waals surface area contributed by atoms with Crippen molar-refractivity contribution in [3.8, 4) is 11.5 Å². The lowest BCUT2D eigenvalue weighted by molar-refractivity contribution is -0.120. The number of nitrogens with one attached hydrogen (secondary N) is 1. The highest BCUT2D eigenvalue weighted by atomic mass is 16.5. The molecule has 3 aromatic rings. The van der Waals surface area contributed by atoms with Crippen LogP contribution in [0.3, 0.4) is 0 Å². The first kappa shape index (κ1) is 19.5. The van der Waals surface area contributed by atoms with Gasteiger partial charge in [-0.05, 0) is 41.3 Å². The van der Waals surface area contributed by atoms with Crippen LogP contribution in [0.2, 0.25) is 0 Å². The summed E-state index contributed by atoms with van der Waals surface area (Å²) in [6, 6.07) is 23.5. The standard InChI is InChI=1S/C24H25NO3/c1-17-9-7-8-12-20(17)24(19-10-5-4-6-11-19)25-23(26)16-18-13-14-21(27-2)22(15-18)28-3/h4-15,24H,16H2,1-3H3,(H,25,26)/t24-/m0/s1. The number of rotatable bonds is 7. The van der Waals surface area contributed by atoms with E-state index in [1.807, 2.05) is 60.7 Å². The normalized spacial score (nSPS) is 11.5. The summed E-state index contributed by atoms with van der Waals surface area (Å²) in [7, 11) is 3.18. The van der Waals surface area contributed by atoms with Gasteiger partial charge in [-0.25, -0.2) is 0 Å². The van der Waals surface area contributed by atoms with Crippen molar-refractivity contribution in [1.29, 1.82) is 0 Å². The molecule has 0 heterocycles. The molecule has 0 radical (unpaired) electrons. The molecule has 3 aromatic carbocycles. The Hall–Kier alpha value is -3.27. The zero-order chi connectivity index (χ0) is 19.9. The van der Waals surface area contributed by atoms with Crippen LogP contribution in [-0.4, -0.2) is 20.1 Å². The topological polar surface area (TPSA) is 47.6 Å². The van der Waals surface area contributed by atoms with Crippen molar-refractivity contribution in [3.63, 3.8) is 0 Å². The molecule has 0 spiro atoms. The van der Waals surface area contributed by atoms with Gasteiger partial charge in [0, 0.05) is 0 Å². The number of amides is 1. The summed E-state index contributed by atoms with van der Waals surface area (Å²) in [6.45, 7) is 2.06. The maximum atomic E-state index is 12.9. The van der Waals surface area contributed by atoms with E-state index in [0.717, 1.165) is 22.3 Å². The summed E-state index contributed by atoms with van der Waals surface area (Å²) in [5, 5.41) is 3.19. The average molecular weight is 375 g/mol. The largest absolute Gasteiger partial charge is 0.493 e. The van der Waals surface area contributed by atoms with E-state index in [1.165, 1.54) is 0 Å². The lowest BCUT2D eigenvalue weighted by atomic mass is 9.94. The monoisotopic (exact) mass is 375 g/mol. The molecule has 3 rings (SSSR count). The third kappa shape index (κ3) is 4.52. The maximum absolute atomic E-state index is 12.9. The first-order chi connectivity index (χ1) is 13.6. The maximum Gasteiger partial charge on any atom is 0.225 e. The summed E-state index contributed by atoms with van der Waals surface area (Å²) in [5.41, 5.74) is 4.15. The van der Waals surface area contributed by atoms with Gasteiger partial charge in [-0.15, -0.1) is 0 Å². The first-order valence-electron chi connectivity index (χ1n) is 9.23. The van der Waals surface area contributed by atoms with Gasteiger partial charge in [0.1, 0.15) is 0 Å². The van der Waals surface area contributed by atoms with Gasteiger partial charge < -0.3 is 14.8 Å². The van der Waals surface area contributed by atoms with Crippen LogP contribution >= 0.6 is 0 Å². The van der Waals surface area contributed by atoms with Crippen LogP contribution in [-0.2, 0) is 11.2 Å². The van der Waals surface area contributed by atoms with Crippen molar-refractivity contribution in [3.05, 3.63) is 95.1 Å². The van der Waals surface area contributed by atoms with E-state index in [4.69, 9.17) is 9.47 Å². The molecule has 4 heteroatoms. The fourth-order valence-electron chi connectivity index (χ4n) is 3.28. The Morgan fingerprint density at radius 1 is 0.893 bits per heavy atom. The van der Waals surface area contributed by atoms with Crippen LogP contribution < -0.4 is 14.8 Å². The predicted molar refractivity (Wildman–Crippen MR) is 111 cm³/mol. The van der Waals surface area contributed by atoms with Crippen molar-refractivity contribution in [1.82, 2.24) is 5.32 Å². The van der Waals surface area contributed by atoms with E-state index in [9.17, 15) is 4.79 Å². The highest BCUT2D eigenvalue weighted by Crippen LogP contribution is 2.28. The Labute approximate surface area is 166 Å². The molecule has 0 saturated carbocycles. The molecule has 144 valence electrons. The number of hydrogen-bond donors (Lipinski definition) is 1. The summed E-state index contributed by atoms with van der Waals surface area (Å²) < 4.78 is 10.6. The van der Waals surface area contributed by atoms with E-state index in [2.05, 4.69) is 24.4 Å². The summed E-state index contributed by atoms with van der Waals surface area (Å²) >= 11 is 0. The zero-order valence-electron chi connectivity index (χ0n) is 16.4. The number of carbonyl (C=O) groups is 1. The molecule has 28 heavy (non-hydrogen) atoms. The van der Waals surface area contributed by atoms with Gasteiger partial charge in [0.2, 0.25) is 5.91 Å². The van der Waals surface area contributed by atoms with Crippen LogP contribution in [0.5, 0.6) is 11.5 Å². The van der Waals surface area contributed by atoms with Crippen LogP contribution in [0.15, 0.2) is 72.8 Å². The van der Waals surface area contributed by atoms with Crippen LogP contribution in [0.4, 0.5) is 0 Å².